The molecular formula is C12H18N2O2. The van der Waals surface area contributed by atoms with E-state index >= 15 is 0 Å². The second-order valence-electron chi connectivity index (χ2n) is 3.58. The molecule has 0 aliphatic rings. The largest absolute Gasteiger partial charge is 0.462 e. The third-order valence-electron chi connectivity index (χ3n) is 2.14. The minimum absolute atomic E-state index is 0.178. The van der Waals surface area contributed by atoms with Gasteiger partial charge in [-0.1, -0.05) is 6.07 Å². The van der Waals surface area contributed by atoms with Gasteiger partial charge in [-0.05, 0) is 32.0 Å². The molecule has 16 heavy (non-hydrogen) atoms. The minimum Gasteiger partial charge on any atom is -0.462 e. The Balaban J connectivity index is 2.74. The van der Waals surface area contributed by atoms with E-state index in [1.54, 1.807) is 19.1 Å². The van der Waals surface area contributed by atoms with E-state index in [9.17, 15) is 4.79 Å². The molecule has 1 aromatic carbocycles. The van der Waals surface area contributed by atoms with Gasteiger partial charge in [-0.2, -0.15) is 0 Å². The van der Waals surface area contributed by atoms with Crippen LogP contribution >= 0.6 is 0 Å². The van der Waals surface area contributed by atoms with E-state index in [1.165, 1.54) is 0 Å². The van der Waals surface area contributed by atoms with Crippen molar-refractivity contribution in [2.75, 3.05) is 18.5 Å². The predicted octanol–water partition coefficient (Wildman–Crippen LogP) is 1.62. The van der Waals surface area contributed by atoms with E-state index in [2.05, 4.69) is 5.32 Å². The molecule has 3 N–H and O–H groups in total. The lowest BCUT2D eigenvalue weighted by Crippen LogP contribution is -2.25. The number of benzene rings is 1. The van der Waals surface area contributed by atoms with Crippen LogP contribution in [0.5, 0.6) is 0 Å². The molecule has 0 radical (unpaired) electrons. The Kier molecular flexibility index (Phi) is 4.79. The molecule has 88 valence electrons. The van der Waals surface area contributed by atoms with Gasteiger partial charge < -0.3 is 15.8 Å². The van der Waals surface area contributed by atoms with Gasteiger partial charge in [0.05, 0.1) is 12.2 Å². The number of hydrogen-bond donors (Lipinski definition) is 2. The van der Waals surface area contributed by atoms with Crippen LogP contribution in [0.4, 0.5) is 5.69 Å². The number of hydrogen-bond acceptors (Lipinski definition) is 4. The van der Waals surface area contributed by atoms with Gasteiger partial charge in [0.1, 0.15) is 0 Å². The Hall–Kier alpha value is -1.55. The van der Waals surface area contributed by atoms with Gasteiger partial charge in [-0.15, -0.1) is 0 Å². The molecule has 0 heterocycles. The van der Waals surface area contributed by atoms with Crippen molar-refractivity contribution in [1.29, 1.82) is 0 Å². The Bertz CT molecular complexity index is 353. The molecule has 4 nitrogen and oxygen atoms in total. The first kappa shape index (κ1) is 12.5. The molecule has 0 amide bonds. The zero-order valence-corrected chi connectivity index (χ0v) is 9.69. The topological polar surface area (TPSA) is 64.3 Å². The Morgan fingerprint density at radius 1 is 1.56 bits per heavy atom. The van der Waals surface area contributed by atoms with Crippen LogP contribution in [0.3, 0.4) is 0 Å². The number of carbonyl (C=O) groups is 1. The minimum atomic E-state index is -0.299. The Morgan fingerprint density at radius 3 is 2.94 bits per heavy atom. The number of ether oxygens (including phenoxy) is 1. The average molecular weight is 222 g/mol. The fraction of sp³-hybridized carbons (Fsp3) is 0.417. The smallest absolute Gasteiger partial charge is 0.338 e. The maximum atomic E-state index is 11.5. The van der Waals surface area contributed by atoms with Crippen molar-refractivity contribution in [3.05, 3.63) is 29.8 Å². The lowest BCUT2D eigenvalue weighted by atomic mass is 10.2. The van der Waals surface area contributed by atoms with Crippen LogP contribution in [-0.4, -0.2) is 25.2 Å². The molecule has 0 aliphatic heterocycles. The first-order valence-corrected chi connectivity index (χ1v) is 5.41. The maximum absolute atomic E-state index is 11.5. The summed E-state index contributed by atoms with van der Waals surface area (Å²) in [5.74, 6) is -0.299. The summed E-state index contributed by atoms with van der Waals surface area (Å²) in [6.07, 6.45) is 0. The second kappa shape index (κ2) is 6.12. The van der Waals surface area contributed by atoms with Crippen LogP contribution in [0.25, 0.3) is 0 Å². The molecule has 0 aliphatic carbocycles. The molecule has 4 heteroatoms. The molecule has 0 fully saturated rings. The first-order chi connectivity index (χ1) is 7.67. The number of nitrogens with one attached hydrogen (secondary N) is 1. The molecular weight excluding hydrogens is 204 g/mol. The molecule has 0 aromatic heterocycles. The highest BCUT2D eigenvalue weighted by molar-refractivity contribution is 5.90. The number of carbonyl (C=O) groups excluding carboxylic acids is 1. The van der Waals surface area contributed by atoms with Crippen molar-refractivity contribution in [2.45, 2.75) is 19.9 Å². The SMILES string of the molecule is CCOC(=O)c1cccc(NC(C)CN)c1. The summed E-state index contributed by atoms with van der Waals surface area (Å²) < 4.78 is 4.92. The van der Waals surface area contributed by atoms with E-state index in [0.29, 0.717) is 18.7 Å². The van der Waals surface area contributed by atoms with Gasteiger partial charge in [0.2, 0.25) is 0 Å². The van der Waals surface area contributed by atoms with Crippen molar-refractivity contribution in [3.8, 4) is 0 Å². The molecule has 1 unspecified atom stereocenters. The standard InChI is InChI=1S/C12H18N2O2/c1-3-16-12(15)10-5-4-6-11(7-10)14-9(2)8-13/h4-7,9,14H,3,8,13H2,1-2H3. The quantitative estimate of drug-likeness (QED) is 0.743. The van der Waals surface area contributed by atoms with E-state index < -0.39 is 0 Å². The molecule has 1 atom stereocenters. The molecule has 1 aromatic rings. The Morgan fingerprint density at radius 2 is 2.31 bits per heavy atom. The van der Waals surface area contributed by atoms with E-state index in [-0.39, 0.29) is 12.0 Å². The highest BCUT2D eigenvalue weighted by Gasteiger charge is 2.07. The van der Waals surface area contributed by atoms with Gasteiger partial charge in [0.25, 0.3) is 0 Å². The van der Waals surface area contributed by atoms with Crippen molar-refractivity contribution >= 4 is 11.7 Å². The maximum Gasteiger partial charge on any atom is 0.338 e. The first-order valence-electron chi connectivity index (χ1n) is 5.41. The van der Waals surface area contributed by atoms with Crippen LogP contribution < -0.4 is 11.1 Å². The lowest BCUT2D eigenvalue weighted by molar-refractivity contribution is 0.0526. The van der Waals surface area contributed by atoms with Gasteiger partial charge in [0, 0.05) is 18.3 Å². The summed E-state index contributed by atoms with van der Waals surface area (Å²) in [4.78, 5) is 11.5. The van der Waals surface area contributed by atoms with Crippen molar-refractivity contribution in [2.24, 2.45) is 5.73 Å². The summed E-state index contributed by atoms with van der Waals surface area (Å²) in [5.41, 5.74) is 6.94. The monoisotopic (exact) mass is 222 g/mol. The lowest BCUT2D eigenvalue weighted by Gasteiger charge is -2.13. The third-order valence-corrected chi connectivity index (χ3v) is 2.14. The zero-order valence-electron chi connectivity index (χ0n) is 9.69. The van der Waals surface area contributed by atoms with Crippen LogP contribution in [0, 0.1) is 0 Å². The highest BCUT2D eigenvalue weighted by atomic mass is 16.5. The normalized spacial score (nSPS) is 11.9. The van der Waals surface area contributed by atoms with Crippen LogP contribution in [0.1, 0.15) is 24.2 Å². The van der Waals surface area contributed by atoms with E-state index in [0.717, 1.165) is 5.69 Å². The van der Waals surface area contributed by atoms with Crippen molar-refractivity contribution < 1.29 is 9.53 Å². The van der Waals surface area contributed by atoms with Gasteiger partial charge >= 0.3 is 5.97 Å². The summed E-state index contributed by atoms with van der Waals surface area (Å²) >= 11 is 0. The van der Waals surface area contributed by atoms with Gasteiger partial charge in [0.15, 0.2) is 0 Å². The van der Waals surface area contributed by atoms with Crippen molar-refractivity contribution in [1.82, 2.24) is 0 Å². The van der Waals surface area contributed by atoms with Gasteiger partial charge in [-0.25, -0.2) is 4.79 Å². The fourth-order valence-corrected chi connectivity index (χ4v) is 1.29. The summed E-state index contributed by atoms with van der Waals surface area (Å²) in [5, 5.41) is 3.20. The summed E-state index contributed by atoms with van der Waals surface area (Å²) in [7, 11) is 0. The molecule has 0 spiro atoms. The van der Waals surface area contributed by atoms with Crippen LogP contribution in [0.15, 0.2) is 24.3 Å². The highest BCUT2D eigenvalue weighted by Crippen LogP contribution is 2.12. The molecule has 0 bridgehead atoms. The van der Waals surface area contributed by atoms with Gasteiger partial charge in [-0.3, -0.25) is 0 Å². The Labute approximate surface area is 95.8 Å². The van der Waals surface area contributed by atoms with E-state index in [1.807, 2.05) is 19.1 Å². The van der Waals surface area contributed by atoms with E-state index in [4.69, 9.17) is 10.5 Å². The molecule has 0 saturated heterocycles. The number of nitrogens with two attached hydrogens (primary N) is 1. The van der Waals surface area contributed by atoms with Crippen LogP contribution in [-0.2, 0) is 4.74 Å². The number of rotatable bonds is 5. The van der Waals surface area contributed by atoms with Crippen LogP contribution in [0.2, 0.25) is 0 Å². The molecule has 0 saturated carbocycles. The summed E-state index contributed by atoms with van der Waals surface area (Å²) in [6, 6.07) is 7.39. The third kappa shape index (κ3) is 3.55. The average Bonchev–Trinajstić information content (AvgIpc) is 2.29. The van der Waals surface area contributed by atoms with Crippen molar-refractivity contribution in [3.63, 3.8) is 0 Å². The zero-order chi connectivity index (χ0) is 12.0. The summed E-state index contributed by atoms with van der Waals surface area (Å²) in [6.45, 7) is 4.70. The second-order valence-corrected chi connectivity index (χ2v) is 3.58. The fourth-order valence-electron chi connectivity index (χ4n) is 1.29. The number of esters is 1. The molecule has 1 rings (SSSR count). The predicted molar refractivity (Wildman–Crippen MR) is 64.5 cm³/mol. The number of anilines is 1.